The Morgan fingerprint density at radius 2 is 1.74 bits per heavy atom. The van der Waals surface area contributed by atoms with Crippen molar-refractivity contribution in [3.8, 4) is 6.07 Å². The number of aryl methyl sites for hydroxylation is 1. The van der Waals surface area contributed by atoms with E-state index in [1.165, 1.54) is 4.31 Å². The summed E-state index contributed by atoms with van der Waals surface area (Å²) in [5, 5.41) is 19.0. The van der Waals surface area contributed by atoms with Crippen LogP contribution in [0.15, 0.2) is 65.1 Å². The molecule has 162 valence electrons. The van der Waals surface area contributed by atoms with E-state index in [2.05, 4.69) is 6.92 Å². The first-order valence-corrected chi connectivity index (χ1v) is 11.8. The second-order valence-corrected chi connectivity index (χ2v) is 9.62. The fourth-order valence-corrected chi connectivity index (χ4v) is 5.68. The molecule has 2 aromatic carbocycles. The summed E-state index contributed by atoms with van der Waals surface area (Å²) in [6.07, 6.45) is 4.83. The second-order valence-electron chi connectivity index (χ2n) is 7.77. The molecule has 0 spiro atoms. The molecule has 1 N–H and O–H groups in total. The third kappa shape index (κ3) is 4.71. The normalized spacial score (nSPS) is 19.1. The number of hydrogen-bond acceptors (Lipinski definition) is 4. The van der Waals surface area contributed by atoms with Crippen molar-refractivity contribution in [3.05, 3.63) is 76.9 Å². The summed E-state index contributed by atoms with van der Waals surface area (Å²) < 4.78 is 28.8. The van der Waals surface area contributed by atoms with Crippen LogP contribution < -0.4 is 0 Å². The van der Waals surface area contributed by atoms with Gasteiger partial charge in [-0.25, -0.2) is 13.2 Å². The molecule has 0 radical (unpaired) electrons. The summed E-state index contributed by atoms with van der Waals surface area (Å²) in [5.41, 5.74) is 1.94. The highest BCUT2D eigenvalue weighted by Crippen LogP contribution is 2.42. The van der Waals surface area contributed by atoms with Gasteiger partial charge in [0, 0.05) is 6.04 Å². The minimum atomic E-state index is -3.97. The van der Waals surface area contributed by atoms with E-state index in [-0.39, 0.29) is 10.5 Å². The Bertz CT molecular complexity index is 1110. The number of carbonyl (C=O) groups is 1. The predicted molar refractivity (Wildman–Crippen MR) is 118 cm³/mol. The molecule has 0 aromatic heterocycles. The summed E-state index contributed by atoms with van der Waals surface area (Å²) >= 11 is 0. The van der Waals surface area contributed by atoms with Crippen molar-refractivity contribution in [1.82, 2.24) is 4.31 Å². The first-order chi connectivity index (χ1) is 14.8. The van der Waals surface area contributed by atoms with Crippen LogP contribution in [0.25, 0.3) is 0 Å². The maximum absolute atomic E-state index is 13.7. The smallest absolute Gasteiger partial charge is 0.333 e. The van der Waals surface area contributed by atoms with Crippen molar-refractivity contribution in [2.45, 2.75) is 56.5 Å². The third-order valence-electron chi connectivity index (χ3n) is 5.55. The van der Waals surface area contributed by atoms with E-state index in [1.54, 1.807) is 54.6 Å². The van der Waals surface area contributed by atoms with Crippen molar-refractivity contribution >= 4 is 16.0 Å². The van der Waals surface area contributed by atoms with E-state index in [9.17, 15) is 18.3 Å². The van der Waals surface area contributed by atoms with Crippen LogP contribution in [-0.4, -0.2) is 29.8 Å². The van der Waals surface area contributed by atoms with Gasteiger partial charge in [0.2, 0.25) is 10.0 Å². The lowest BCUT2D eigenvalue weighted by Crippen LogP contribution is -2.39. The fourth-order valence-electron chi connectivity index (χ4n) is 3.92. The standard InChI is InChI=1S/C24H26N2O4S/c1-3-4-5-6-20-15-22(24(27)28)23(19-11-9-18(16-25)10-12-19)26(20)31(29,30)21-13-7-17(2)8-14-21/h7-15,20,23H,3-6H2,1-2H3,(H,27,28)/t20-,23+/m1/s1. The molecular weight excluding hydrogens is 412 g/mol. The van der Waals surface area contributed by atoms with E-state index in [0.29, 0.717) is 17.5 Å². The highest BCUT2D eigenvalue weighted by molar-refractivity contribution is 7.89. The number of carboxylic acid groups (broad SMARTS) is 1. The van der Waals surface area contributed by atoms with Gasteiger partial charge in [-0.2, -0.15) is 9.57 Å². The summed E-state index contributed by atoms with van der Waals surface area (Å²) in [4.78, 5) is 12.2. The quantitative estimate of drug-likeness (QED) is 0.609. The van der Waals surface area contributed by atoms with Crippen LogP contribution in [0.3, 0.4) is 0 Å². The maximum atomic E-state index is 13.7. The lowest BCUT2D eigenvalue weighted by Gasteiger charge is -2.31. The monoisotopic (exact) mass is 438 g/mol. The Labute approximate surface area is 183 Å². The van der Waals surface area contributed by atoms with Gasteiger partial charge in [0.1, 0.15) is 0 Å². The molecule has 0 saturated carbocycles. The van der Waals surface area contributed by atoms with Crippen LogP contribution >= 0.6 is 0 Å². The van der Waals surface area contributed by atoms with Crippen LogP contribution in [0.1, 0.15) is 55.3 Å². The number of benzene rings is 2. The van der Waals surface area contributed by atoms with Crippen LogP contribution in [-0.2, 0) is 14.8 Å². The van der Waals surface area contributed by atoms with Crippen molar-refractivity contribution < 1.29 is 18.3 Å². The summed E-state index contributed by atoms with van der Waals surface area (Å²) in [6.45, 7) is 3.94. The minimum absolute atomic E-state index is 0.0434. The Morgan fingerprint density at radius 3 is 2.29 bits per heavy atom. The van der Waals surface area contributed by atoms with Crippen LogP contribution in [0.4, 0.5) is 0 Å². The topological polar surface area (TPSA) is 98.5 Å². The number of nitrogens with zero attached hydrogens (tertiary/aromatic N) is 2. The van der Waals surface area contributed by atoms with E-state index < -0.39 is 28.1 Å². The molecule has 2 aromatic rings. The molecule has 1 aliphatic heterocycles. The van der Waals surface area contributed by atoms with Crippen molar-refractivity contribution in [2.24, 2.45) is 0 Å². The van der Waals surface area contributed by atoms with Gasteiger partial charge in [-0.15, -0.1) is 0 Å². The molecule has 0 aliphatic carbocycles. The number of rotatable bonds is 8. The Morgan fingerprint density at radius 1 is 1.10 bits per heavy atom. The first-order valence-electron chi connectivity index (χ1n) is 10.3. The summed E-state index contributed by atoms with van der Waals surface area (Å²) in [7, 11) is -3.97. The molecule has 0 fully saturated rings. The van der Waals surface area contributed by atoms with Crippen LogP contribution in [0.5, 0.6) is 0 Å². The molecule has 1 heterocycles. The lowest BCUT2D eigenvalue weighted by atomic mass is 10.00. The first kappa shape index (κ1) is 22.7. The molecule has 0 saturated heterocycles. The van der Waals surface area contributed by atoms with Gasteiger partial charge in [-0.1, -0.05) is 62.1 Å². The Balaban J connectivity index is 2.12. The zero-order valence-electron chi connectivity index (χ0n) is 17.7. The lowest BCUT2D eigenvalue weighted by molar-refractivity contribution is -0.133. The van der Waals surface area contributed by atoms with Crippen LogP contribution in [0.2, 0.25) is 0 Å². The van der Waals surface area contributed by atoms with Gasteiger partial charge in [-0.05, 0) is 43.2 Å². The van der Waals surface area contributed by atoms with Gasteiger partial charge in [0.15, 0.2) is 0 Å². The molecule has 0 amide bonds. The van der Waals surface area contributed by atoms with E-state index in [4.69, 9.17) is 5.26 Å². The van der Waals surface area contributed by atoms with Gasteiger partial charge in [-0.3, -0.25) is 0 Å². The van der Waals surface area contributed by atoms with Crippen LogP contribution in [0, 0.1) is 18.3 Å². The highest BCUT2D eigenvalue weighted by Gasteiger charge is 2.45. The van der Waals surface area contributed by atoms with Gasteiger partial charge >= 0.3 is 5.97 Å². The van der Waals surface area contributed by atoms with E-state index in [1.807, 2.05) is 13.0 Å². The van der Waals surface area contributed by atoms with Gasteiger partial charge in [0.05, 0.1) is 28.1 Å². The number of carboxylic acids is 1. The second kappa shape index (κ2) is 9.46. The van der Waals surface area contributed by atoms with E-state index >= 15 is 0 Å². The highest BCUT2D eigenvalue weighted by atomic mass is 32.2. The summed E-state index contributed by atoms with van der Waals surface area (Å²) in [6, 6.07) is 13.5. The number of unbranched alkanes of at least 4 members (excludes halogenated alkanes) is 2. The zero-order valence-corrected chi connectivity index (χ0v) is 18.5. The van der Waals surface area contributed by atoms with Gasteiger partial charge in [0.25, 0.3) is 0 Å². The van der Waals surface area contributed by atoms with Gasteiger partial charge < -0.3 is 5.11 Å². The van der Waals surface area contributed by atoms with Crippen molar-refractivity contribution in [3.63, 3.8) is 0 Å². The average Bonchev–Trinajstić information content (AvgIpc) is 3.15. The molecule has 1 aliphatic rings. The molecular formula is C24H26N2O4S. The number of aliphatic carboxylic acids is 1. The fraction of sp³-hybridized carbons (Fsp3) is 0.333. The maximum Gasteiger partial charge on any atom is 0.333 e. The van der Waals surface area contributed by atoms with Crippen molar-refractivity contribution in [1.29, 1.82) is 5.26 Å². The zero-order chi connectivity index (χ0) is 22.6. The molecule has 7 heteroatoms. The number of sulfonamides is 1. The molecule has 6 nitrogen and oxygen atoms in total. The third-order valence-corrected chi connectivity index (χ3v) is 7.45. The molecule has 3 rings (SSSR count). The molecule has 31 heavy (non-hydrogen) atoms. The average molecular weight is 439 g/mol. The minimum Gasteiger partial charge on any atom is -0.478 e. The molecule has 2 atom stereocenters. The summed E-state index contributed by atoms with van der Waals surface area (Å²) in [5.74, 6) is -1.14. The van der Waals surface area contributed by atoms with E-state index in [0.717, 1.165) is 24.8 Å². The Hall–Kier alpha value is -2.95. The predicted octanol–water partition coefficient (Wildman–Crippen LogP) is 4.57. The Kier molecular flexibility index (Phi) is 6.94. The number of hydrogen-bond donors (Lipinski definition) is 1. The molecule has 0 bridgehead atoms. The number of nitriles is 1. The SMILES string of the molecule is CCCCC[C@@H]1C=C(C(=O)O)[C@H](c2ccc(C#N)cc2)N1S(=O)(=O)c1ccc(C)cc1. The van der Waals surface area contributed by atoms with Crippen molar-refractivity contribution in [2.75, 3.05) is 0 Å². The molecule has 0 unspecified atom stereocenters. The largest absolute Gasteiger partial charge is 0.478 e.